The number of aliphatic hydroxyl groups excluding tert-OH is 1. The minimum atomic E-state index is -1.31. The minimum Gasteiger partial charge on any atom is -0.473 e. The molecule has 5 rings (SSSR count). The normalized spacial score (nSPS) is 18.9. The third kappa shape index (κ3) is 4.71. The van der Waals surface area contributed by atoms with Crippen LogP contribution in [0.2, 0.25) is 0 Å². The molecule has 1 saturated carbocycles. The molecular weight excluding hydrogens is 452 g/mol. The summed E-state index contributed by atoms with van der Waals surface area (Å²) in [6.07, 6.45) is 4.85. The zero-order chi connectivity index (χ0) is 24.4. The second-order valence-corrected chi connectivity index (χ2v) is 8.95. The molecule has 8 heteroatoms. The summed E-state index contributed by atoms with van der Waals surface area (Å²) < 4.78 is 33.0. The molecular formula is C27H27F2N3O3. The van der Waals surface area contributed by atoms with Crippen LogP contribution in [0.3, 0.4) is 0 Å². The number of anilines is 2. The number of hydrogen-bond acceptors (Lipinski definition) is 5. The van der Waals surface area contributed by atoms with Gasteiger partial charge in [0.05, 0.1) is 6.20 Å². The largest absolute Gasteiger partial charge is 0.473 e. The third-order valence-electron chi connectivity index (χ3n) is 6.69. The zero-order valence-electron chi connectivity index (χ0n) is 19.2. The first-order valence-electron chi connectivity index (χ1n) is 11.9. The Morgan fingerprint density at radius 1 is 1.03 bits per heavy atom. The number of rotatable bonds is 7. The number of carbonyl (C=O) groups is 1. The van der Waals surface area contributed by atoms with E-state index < -0.39 is 23.9 Å². The first-order valence-corrected chi connectivity index (χ1v) is 11.9. The number of fused-ring (bicyclic) bond motifs is 1. The lowest BCUT2D eigenvalue weighted by molar-refractivity contribution is -0.120. The molecule has 2 aromatic carbocycles. The van der Waals surface area contributed by atoms with Crippen LogP contribution in [0.4, 0.5) is 20.2 Å². The van der Waals surface area contributed by atoms with Gasteiger partial charge in [0.1, 0.15) is 24.3 Å². The molecule has 2 atom stereocenters. The van der Waals surface area contributed by atoms with Crippen molar-refractivity contribution in [2.45, 2.75) is 50.4 Å². The van der Waals surface area contributed by atoms with Crippen molar-refractivity contribution >= 4 is 17.3 Å². The van der Waals surface area contributed by atoms with Gasteiger partial charge < -0.3 is 19.6 Å². The number of aromatic nitrogens is 1. The number of nitrogens with zero attached hydrogens (tertiary/aromatic N) is 3. The lowest BCUT2D eigenvalue weighted by Gasteiger charge is -2.36. The van der Waals surface area contributed by atoms with Crippen LogP contribution < -0.4 is 14.5 Å². The molecule has 35 heavy (non-hydrogen) atoms. The van der Waals surface area contributed by atoms with E-state index in [0.29, 0.717) is 5.69 Å². The molecule has 1 aliphatic carbocycles. The van der Waals surface area contributed by atoms with Crippen molar-refractivity contribution < 1.29 is 23.4 Å². The van der Waals surface area contributed by atoms with Crippen molar-refractivity contribution in [3.63, 3.8) is 0 Å². The molecule has 1 fully saturated rings. The van der Waals surface area contributed by atoms with Gasteiger partial charge in [-0.05, 0) is 43.2 Å². The van der Waals surface area contributed by atoms with Crippen LogP contribution in [0.25, 0.3) is 0 Å². The van der Waals surface area contributed by atoms with Crippen molar-refractivity contribution in [2.75, 3.05) is 16.4 Å². The van der Waals surface area contributed by atoms with Crippen molar-refractivity contribution in [1.82, 2.24) is 4.98 Å². The molecule has 1 aromatic heterocycles. The molecule has 1 amide bonds. The Labute approximate surface area is 202 Å². The Kier molecular flexibility index (Phi) is 6.63. The van der Waals surface area contributed by atoms with Gasteiger partial charge in [0, 0.05) is 29.0 Å². The number of hydrogen-bond donors (Lipinski definition) is 1. The lowest BCUT2D eigenvalue weighted by atomic mass is 9.94. The maximum absolute atomic E-state index is 14.2. The molecule has 6 nitrogen and oxygen atoms in total. The molecule has 2 aliphatic rings. The first kappa shape index (κ1) is 23.2. The Bertz CT molecular complexity index is 1180. The number of benzene rings is 2. The third-order valence-corrected chi connectivity index (χ3v) is 6.69. The standard InChI is InChI=1S/C27H27F2N3O3/c28-18-7-6-10-21(15-18)32(25(33)17-35-24-14-13-19(29)16-30-24)26-22-11-4-5-12-23(22)31(27(26)34)20-8-2-1-3-9-20/h4-7,10-16,20,25-26,33H,1-3,8-9,17H2. The fraction of sp³-hybridized carbons (Fsp3) is 0.333. The van der Waals surface area contributed by atoms with E-state index in [0.717, 1.165) is 49.6 Å². The number of aliphatic hydroxyl groups is 1. The predicted octanol–water partition coefficient (Wildman–Crippen LogP) is 4.98. The van der Waals surface area contributed by atoms with Gasteiger partial charge in [0.2, 0.25) is 5.88 Å². The summed E-state index contributed by atoms with van der Waals surface area (Å²) in [6, 6.07) is 15.2. The van der Waals surface area contributed by atoms with Crippen molar-refractivity contribution in [2.24, 2.45) is 0 Å². The van der Waals surface area contributed by atoms with Crippen LogP contribution in [-0.4, -0.2) is 34.9 Å². The molecule has 2 heterocycles. The Balaban J connectivity index is 1.50. The first-order chi connectivity index (χ1) is 17.0. The summed E-state index contributed by atoms with van der Waals surface area (Å²) in [7, 11) is 0. The van der Waals surface area contributed by atoms with E-state index in [1.807, 2.05) is 29.2 Å². The summed E-state index contributed by atoms with van der Waals surface area (Å²) >= 11 is 0. The number of amides is 1. The molecule has 0 saturated heterocycles. The van der Waals surface area contributed by atoms with Gasteiger partial charge in [-0.1, -0.05) is 43.5 Å². The molecule has 0 bridgehead atoms. The quantitative estimate of drug-likeness (QED) is 0.484. The topological polar surface area (TPSA) is 65.9 Å². The van der Waals surface area contributed by atoms with Gasteiger partial charge in [0.25, 0.3) is 5.91 Å². The van der Waals surface area contributed by atoms with Crippen LogP contribution in [0.15, 0.2) is 66.9 Å². The highest BCUT2D eigenvalue weighted by atomic mass is 19.1. The van der Waals surface area contributed by atoms with Gasteiger partial charge in [-0.2, -0.15) is 0 Å². The maximum atomic E-state index is 14.2. The van der Waals surface area contributed by atoms with E-state index in [1.165, 1.54) is 35.2 Å². The molecule has 0 radical (unpaired) electrons. The summed E-state index contributed by atoms with van der Waals surface area (Å²) in [5.74, 6) is -1.01. The van der Waals surface area contributed by atoms with E-state index in [1.54, 1.807) is 6.07 Å². The number of para-hydroxylation sites is 1. The molecule has 1 aliphatic heterocycles. The molecule has 0 spiro atoms. The predicted molar refractivity (Wildman–Crippen MR) is 128 cm³/mol. The van der Waals surface area contributed by atoms with Crippen LogP contribution in [0.1, 0.15) is 43.7 Å². The Morgan fingerprint density at radius 3 is 2.57 bits per heavy atom. The lowest BCUT2D eigenvalue weighted by Crippen LogP contribution is -2.48. The van der Waals surface area contributed by atoms with Crippen LogP contribution >= 0.6 is 0 Å². The minimum absolute atomic E-state index is 0.0913. The van der Waals surface area contributed by atoms with Crippen LogP contribution in [0.5, 0.6) is 5.88 Å². The summed E-state index contributed by atoms with van der Waals surface area (Å²) in [5.41, 5.74) is 1.93. The molecule has 3 aromatic rings. The van der Waals surface area contributed by atoms with E-state index >= 15 is 0 Å². The fourth-order valence-electron chi connectivity index (χ4n) is 5.12. The number of ether oxygens (including phenoxy) is 1. The van der Waals surface area contributed by atoms with Gasteiger partial charge in [-0.25, -0.2) is 13.8 Å². The monoisotopic (exact) mass is 479 g/mol. The molecule has 2 unspecified atom stereocenters. The Hall–Kier alpha value is -3.52. The molecule has 1 N–H and O–H groups in total. The van der Waals surface area contributed by atoms with Gasteiger partial charge in [0.15, 0.2) is 6.23 Å². The van der Waals surface area contributed by atoms with Gasteiger partial charge in [-0.3, -0.25) is 4.79 Å². The summed E-state index contributed by atoms with van der Waals surface area (Å²) in [6.45, 7) is -0.259. The fourth-order valence-corrected chi connectivity index (χ4v) is 5.12. The maximum Gasteiger partial charge on any atom is 0.254 e. The van der Waals surface area contributed by atoms with Crippen molar-refractivity contribution in [3.8, 4) is 5.88 Å². The number of carbonyl (C=O) groups excluding carboxylic acids is 1. The smallest absolute Gasteiger partial charge is 0.254 e. The molecule has 182 valence electrons. The van der Waals surface area contributed by atoms with E-state index in [9.17, 15) is 18.7 Å². The average Bonchev–Trinajstić information content (AvgIpc) is 3.16. The van der Waals surface area contributed by atoms with E-state index in [4.69, 9.17) is 4.74 Å². The highest BCUT2D eigenvalue weighted by Crippen LogP contribution is 2.44. The van der Waals surface area contributed by atoms with E-state index in [-0.39, 0.29) is 24.4 Å². The average molecular weight is 480 g/mol. The number of pyridine rings is 1. The zero-order valence-corrected chi connectivity index (χ0v) is 19.2. The van der Waals surface area contributed by atoms with Crippen molar-refractivity contribution in [1.29, 1.82) is 0 Å². The second-order valence-electron chi connectivity index (χ2n) is 8.95. The number of halogens is 2. The van der Waals surface area contributed by atoms with Gasteiger partial charge >= 0.3 is 0 Å². The van der Waals surface area contributed by atoms with Crippen LogP contribution in [-0.2, 0) is 4.79 Å². The van der Waals surface area contributed by atoms with Gasteiger partial charge in [-0.15, -0.1) is 0 Å². The second kappa shape index (κ2) is 10.00. The highest BCUT2D eigenvalue weighted by molar-refractivity contribution is 6.07. The Morgan fingerprint density at radius 2 is 1.83 bits per heavy atom. The summed E-state index contributed by atoms with van der Waals surface area (Å²) in [4.78, 5) is 21.2. The van der Waals surface area contributed by atoms with E-state index in [2.05, 4.69) is 4.98 Å². The van der Waals surface area contributed by atoms with Crippen LogP contribution in [0, 0.1) is 11.6 Å². The summed E-state index contributed by atoms with van der Waals surface area (Å²) in [5, 5.41) is 11.3. The van der Waals surface area contributed by atoms with Crippen molar-refractivity contribution in [3.05, 3.63) is 84.1 Å². The SMILES string of the molecule is O=C1C(N(c2cccc(F)c2)C(O)COc2ccc(F)cn2)c2ccccc2N1C1CCCCC1. The highest BCUT2D eigenvalue weighted by Gasteiger charge is 2.45.